The van der Waals surface area contributed by atoms with Gasteiger partial charge in [-0.1, -0.05) is 6.07 Å². The molecule has 0 spiro atoms. The van der Waals surface area contributed by atoms with Crippen LogP contribution in [0.2, 0.25) is 0 Å². The van der Waals surface area contributed by atoms with E-state index < -0.39 is 0 Å². The van der Waals surface area contributed by atoms with Crippen LogP contribution in [0.1, 0.15) is 30.9 Å². The average molecular weight is 260 g/mol. The van der Waals surface area contributed by atoms with Gasteiger partial charge in [-0.3, -0.25) is 4.79 Å². The molecule has 1 aromatic carbocycles. The molecule has 1 aliphatic rings. The van der Waals surface area contributed by atoms with Gasteiger partial charge in [-0.2, -0.15) is 0 Å². The van der Waals surface area contributed by atoms with Crippen molar-refractivity contribution in [3.05, 3.63) is 29.3 Å². The van der Waals surface area contributed by atoms with Gasteiger partial charge in [0.15, 0.2) is 0 Å². The third-order valence-corrected chi connectivity index (χ3v) is 4.00. The number of benzene rings is 1. The molecule has 104 valence electrons. The number of hydrogen-bond donors (Lipinski definition) is 1. The Balaban J connectivity index is 2.18. The maximum absolute atomic E-state index is 12.6. The highest BCUT2D eigenvalue weighted by atomic mass is 16.2. The van der Waals surface area contributed by atoms with Crippen molar-refractivity contribution in [3.63, 3.8) is 0 Å². The Kier molecular flexibility index (Phi) is 4.25. The summed E-state index contributed by atoms with van der Waals surface area (Å²) in [6, 6.07) is 6.55. The lowest BCUT2D eigenvalue weighted by molar-refractivity contribution is -0.123. The molecule has 1 N–H and O–H groups in total. The lowest BCUT2D eigenvalue weighted by Crippen LogP contribution is -2.47. The number of carbonyl (C=O) groups excluding carboxylic acids is 1. The number of anilines is 1. The molecule has 0 bridgehead atoms. The first-order valence-electron chi connectivity index (χ1n) is 7.08. The summed E-state index contributed by atoms with van der Waals surface area (Å²) in [5.74, 6) is 0.323. The second-order valence-corrected chi connectivity index (χ2v) is 5.73. The van der Waals surface area contributed by atoms with Gasteiger partial charge in [0.2, 0.25) is 5.91 Å². The van der Waals surface area contributed by atoms with Crippen LogP contribution >= 0.6 is 0 Å². The average Bonchev–Trinajstić information content (AvgIpc) is 2.36. The molecule has 0 saturated carbocycles. The van der Waals surface area contributed by atoms with E-state index in [0.29, 0.717) is 0 Å². The van der Waals surface area contributed by atoms with E-state index in [2.05, 4.69) is 44.3 Å². The van der Waals surface area contributed by atoms with Crippen molar-refractivity contribution in [2.24, 2.45) is 5.92 Å². The third-order valence-electron chi connectivity index (χ3n) is 4.00. The highest BCUT2D eigenvalue weighted by Crippen LogP contribution is 2.23. The van der Waals surface area contributed by atoms with E-state index in [0.717, 1.165) is 25.1 Å². The largest absolute Gasteiger partial charge is 0.315 e. The van der Waals surface area contributed by atoms with E-state index in [-0.39, 0.29) is 17.9 Å². The Bertz CT molecular complexity index is 450. The molecule has 1 aromatic rings. The maximum atomic E-state index is 12.6. The molecule has 1 saturated heterocycles. The number of carbonyl (C=O) groups is 1. The molecule has 1 heterocycles. The number of amides is 1. The summed E-state index contributed by atoms with van der Waals surface area (Å²) in [7, 11) is 1.89. The van der Waals surface area contributed by atoms with E-state index in [1.54, 1.807) is 0 Å². The van der Waals surface area contributed by atoms with Crippen molar-refractivity contribution in [1.82, 2.24) is 5.32 Å². The summed E-state index contributed by atoms with van der Waals surface area (Å²) in [6.45, 7) is 7.27. The molecule has 3 heteroatoms. The topological polar surface area (TPSA) is 32.3 Å². The van der Waals surface area contributed by atoms with Gasteiger partial charge in [0.1, 0.15) is 0 Å². The van der Waals surface area contributed by atoms with E-state index >= 15 is 0 Å². The van der Waals surface area contributed by atoms with E-state index in [1.165, 1.54) is 11.1 Å². The maximum Gasteiger partial charge on any atom is 0.231 e. The monoisotopic (exact) mass is 260 g/mol. The summed E-state index contributed by atoms with van der Waals surface area (Å²) >= 11 is 0. The SMILES string of the molecule is Cc1cc(C)cc(N(C)C(=O)C2CCCNC2C)c1. The quantitative estimate of drug-likeness (QED) is 0.886. The molecule has 3 nitrogen and oxygen atoms in total. The number of aryl methyl sites for hydroxylation is 2. The van der Waals surface area contributed by atoms with Crippen molar-refractivity contribution in [3.8, 4) is 0 Å². The fourth-order valence-corrected chi connectivity index (χ4v) is 2.90. The van der Waals surface area contributed by atoms with Gasteiger partial charge in [-0.05, 0) is 63.4 Å². The van der Waals surface area contributed by atoms with Crippen LogP contribution in [0.25, 0.3) is 0 Å². The first-order valence-corrected chi connectivity index (χ1v) is 7.08. The highest BCUT2D eigenvalue weighted by molar-refractivity contribution is 5.95. The van der Waals surface area contributed by atoms with Crippen molar-refractivity contribution in [2.45, 2.75) is 39.7 Å². The minimum absolute atomic E-state index is 0.0968. The van der Waals surface area contributed by atoms with E-state index in [4.69, 9.17) is 0 Å². The minimum atomic E-state index is 0.0968. The molecule has 0 aliphatic carbocycles. The molecule has 2 unspecified atom stereocenters. The lowest BCUT2D eigenvalue weighted by atomic mass is 9.90. The van der Waals surface area contributed by atoms with Crippen molar-refractivity contribution in [2.75, 3.05) is 18.5 Å². The Morgan fingerprint density at radius 3 is 2.47 bits per heavy atom. The Morgan fingerprint density at radius 2 is 1.89 bits per heavy atom. The molecular weight excluding hydrogens is 236 g/mol. The highest BCUT2D eigenvalue weighted by Gasteiger charge is 2.30. The van der Waals surface area contributed by atoms with Gasteiger partial charge in [0.25, 0.3) is 0 Å². The van der Waals surface area contributed by atoms with Crippen molar-refractivity contribution in [1.29, 1.82) is 0 Å². The van der Waals surface area contributed by atoms with Crippen LogP contribution in [0.15, 0.2) is 18.2 Å². The fraction of sp³-hybridized carbons (Fsp3) is 0.562. The molecule has 2 rings (SSSR count). The lowest BCUT2D eigenvalue weighted by Gasteiger charge is -2.32. The number of rotatable bonds is 2. The zero-order valence-electron chi connectivity index (χ0n) is 12.4. The Morgan fingerprint density at radius 1 is 1.26 bits per heavy atom. The van der Waals surface area contributed by atoms with E-state index in [9.17, 15) is 4.79 Å². The molecule has 1 fully saturated rings. The summed E-state index contributed by atoms with van der Waals surface area (Å²) in [5, 5.41) is 3.39. The first kappa shape index (κ1) is 14.1. The standard InChI is InChI=1S/C16H24N2O/c1-11-8-12(2)10-14(9-11)18(4)16(19)15-6-5-7-17-13(15)3/h8-10,13,15,17H,5-7H2,1-4H3. The predicted molar refractivity (Wildman–Crippen MR) is 79.5 cm³/mol. The smallest absolute Gasteiger partial charge is 0.231 e. The summed E-state index contributed by atoms with van der Waals surface area (Å²) < 4.78 is 0. The van der Waals surface area contributed by atoms with Crippen LogP contribution in [0, 0.1) is 19.8 Å². The van der Waals surface area contributed by atoms with Crippen LogP contribution in [0.3, 0.4) is 0 Å². The van der Waals surface area contributed by atoms with Gasteiger partial charge in [-0.25, -0.2) is 0 Å². The molecule has 0 aromatic heterocycles. The van der Waals surface area contributed by atoms with Crippen LogP contribution in [-0.2, 0) is 4.79 Å². The van der Waals surface area contributed by atoms with Crippen LogP contribution in [0.4, 0.5) is 5.69 Å². The molecule has 1 aliphatic heterocycles. The minimum Gasteiger partial charge on any atom is -0.315 e. The number of hydrogen-bond acceptors (Lipinski definition) is 2. The van der Waals surface area contributed by atoms with Crippen LogP contribution < -0.4 is 10.2 Å². The molecule has 1 amide bonds. The molecule has 0 radical (unpaired) electrons. The zero-order valence-corrected chi connectivity index (χ0v) is 12.4. The predicted octanol–water partition coefficient (Wildman–Crippen LogP) is 2.65. The Hall–Kier alpha value is -1.35. The normalized spacial score (nSPS) is 23.2. The second kappa shape index (κ2) is 5.74. The third kappa shape index (κ3) is 3.16. The summed E-state index contributed by atoms with van der Waals surface area (Å²) in [4.78, 5) is 14.4. The molecular formula is C16H24N2O. The first-order chi connectivity index (χ1) is 8.99. The number of piperidine rings is 1. The van der Waals surface area contributed by atoms with Gasteiger partial charge in [0.05, 0.1) is 5.92 Å². The number of nitrogens with one attached hydrogen (secondary N) is 1. The van der Waals surface area contributed by atoms with Gasteiger partial charge in [0, 0.05) is 18.8 Å². The zero-order chi connectivity index (χ0) is 14.0. The van der Waals surface area contributed by atoms with Crippen molar-refractivity contribution >= 4 is 11.6 Å². The van der Waals surface area contributed by atoms with Gasteiger partial charge >= 0.3 is 0 Å². The van der Waals surface area contributed by atoms with E-state index in [1.807, 2.05) is 11.9 Å². The van der Waals surface area contributed by atoms with Crippen molar-refractivity contribution < 1.29 is 4.79 Å². The summed E-state index contributed by atoms with van der Waals surface area (Å²) in [6.07, 6.45) is 2.07. The van der Waals surface area contributed by atoms with Crippen LogP contribution in [0.5, 0.6) is 0 Å². The second-order valence-electron chi connectivity index (χ2n) is 5.73. The fourth-order valence-electron chi connectivity index (χ4n) is 2.90. The van der Waals surface area contributed by atoms with Gasteiger partial charge < -0.3 is 10.2 Å². The molecule has 2 atom stereocenters. The Labute approximate surface area is 116 Å². The van der Waals surface area contributed by atoms with Crippen LogP contribution in [-0.4, -0.2) is 25.5 Å². The summed E-state index contributed by atoms with van der Waals surface area (Å²) in [5.41, 5.74) is 3.40. The molecule has 19 heavy (non-hydrogen) atoms. The van der Waals surface area contributed by atoms with Gasteiger partial charge in [-0.15, -0.1) is 0 Å². The number of nitrogens with zero attached hydrogens (tertiary/aromatic N) is 1.